The molecule has 3 rings (SSSR count). The number of hydrogen-bond donors (Lipinski definition) is 3. The number of ether oxygens (including phenoxy) is 1. The molecule has 1 aromatic carbocycles. The third-order valence-corrected chi connectivity index (χ3v) is 6.60. The molecule has 0 bridgehead atoms. The SMILES string of the molecule is COC(CS(=O)(=O)Nc1ccccc1C(=O)NC1CCC(O)CC1)C1CC1. The first-order valence-electron chi connectivity index (χ1n) is 9.49. The Bertz CT molecular complexity index is 755. The number of anilines is 1. The fraction of sp³-hybridized carbons (Fsp3) is 0.632. The van der Waals surface area contributed by atoms with E-state index in [0.29, 0.717) is 24.3 Å². The fourth-order valence-corrected chi connectivity index (χ4v) is 4.98. The number of amides is 1. The van der Waals surface area contributed by atoms with Crippen LogP contribution in [0.2, 0.25) is 0 Å². The molecule has 1 aromatic rings. The van der Waals surface area contributed by atoms with Crippen molar-refractivity contribution in [3.63, 3.8) is 0 Å². The number of aliphatic hydroxyl groups is 1. The van der Waals surface area contributed by atoms with E-state index in [-0.39, 0.29) is 35.6 Å². The number of rotatable bonds is 8. The maximum Gasteiger partial charge on any atom is 0.253 e. The average molecular weight is 397 g/mol. The van der Waals surface area contributed by atoms with Gasteiger partial charge >= 0.3 is 0 Å². The van der Waals surface area contributed by atoms with Crippen LogP contribution < -0.4 is 10.0 Å². The quantitative estimate of drug-likeness (QED) is 0.622. The maximum absolute atomic E-state index is 12.7. The van der Waals surface area contributed by atoms with Crippen LogP contribution in [0.3, 0.4) is 0 Å². The molecular weight excluding hydrogens is 368 g/mol. The van der Waals surface area contributed by atoms with Gasteiger partial charge in [-0.15, -0.1) is 0 Å². The highest BCUT2D eigenvalue weighted by molar-refractivity contribution is 7.92. The van der Waals surface area contributed by atoms with Gasteiger partial charge in [0.15, 0.2) is 0 Å². The van der Waals surface area contributed by atoms with Gasteiger partial charge in [0.25, 0.3) is 5.91 Å². The van der Waals surface area contributed by atoms with Gasteiger partial charge < -0.3 is 15.2 Å². The maximum atomic E-state index is 12.7. The number of aliphatic hydroxyl groups excluding tert-OH is 1. The summed E-state index contributed by atoms with van der Waals surface area (Å²) in [6, 6.07) is 6.60. The number of methoxy groups -OCH3 is 1. The second kappa shape index (κ2) is 8.58. The summed E-state index contributed by atoms with van der Waals surface area (Å²) >= 11 is 0. The van der Waals surface area contributed by atoms with Gasteiger partial charge in [0.05, 0.1) is 29.2 Å². The first kappa shape index (κ1) is 20.1. The first-order valence-corrected chi connectivity index (χ1v) is 11.1. The van der Waals surface area contributed by atoms with Gasteiger partial charge in [0, 0.05) is 13.2 Å². The highest BCUT2D eigenvalue weighted by Gasteiger charge is 2.35. The number of carbonyl (C=O) groups excluding carboxylic acids is 1. The van der Waals surface area contributed by atoms with Crippen LogP contribution in [0.1, 0.15) is 48.9 Å². The standard InChI is InChI=1S/C19H28N2O5S/c1-26-18(13-6-7-13)12-27(24,25)21-17-5-3-2-4-16(17)19(23)20-14-8-10-15(22)11-9-14/h2-5,13-15,18,21-22H,6-12H2,1H3,(H,20,23). The lowest BCUT2D eigenvalue weighted by Crippen LogP contribution is -2.39. The third-order valence-electron chi connectivity index (χ3n) is 5.30. The minimum Gasteiger partial charge on any atom is -0.393 e. The molecule has 0 aliphatic heterocycles. The molecule has 2 aliphatic rings. The summed E-state index contributed by atoms with van der Waals surface area (Å²) in [6.45, 7) is 0. The van der Waals surface area contributed by atoms with E-state index in [0.717, 1.165) is 25.7 Å². The van der Waals surface area contributed by atoms with E-state index in [2.05, 4.69) is 10.0 Å². The summed E-state index contributed by atoms with van der Waals surface area (Å²) in [5.41, 5.74) is 0.573. The minimum absolute atomic E-state index is 0.00157. The Labute approximate surface area is 160 Å². The number of benzene rings is 1. The number of carbonyl (C=O) groups is 1. The van der Waals surface area contributed by atoms with Gasteiger partial charge in [0.1, 0.15) is 0 Å². The van der Waals surface area contributed by atoms with Gasteiger partial charge in [-0.25, -0.2) is 8.42 Å². The van der Waals surface area contributed by atoms with Crippen molar-refractivity contribution in [1.82, 2.24) is 5.32 Å². The molecule has 0 heterocycles. The normalized spacial score (nSPS) is 24.2. The van der Waals surface area contributed by atoms with Crippen LogP contribution in [-0.2, 0) is 14.8 Å². The zero-order valence-electron chi connectivity index (χ0n) is 15.6. The summed E-state index contributed by atoms with van der Waals surface area (Å²) < 4.78 is 33.0. The summed E-state index contributed by atoms with van der Waals surface area (Å²) in [5.74, 6) is -0.128. The van der Waals surface area contributed by atoms with Crippen LogP contribution in [-0.4, -0.2) is 50.5 Å². The minimum atomic E-state index is -3.64. The second-order valence-corrected chi connectivity index (χ2v) is 9.29. The Morgan fingerprint density at radius 2 is 1.85 bits per heavy atom. The Morgan fingerprint density at radius 3 is 2.48 bits per heavy atom. The number of nitrogens with one attached hydrogen (secondary N) is 2. The van der Waals surface area contributed by atoms with Gasteiger partial charge in [-0.3, -0.25) is 9.52 Å². The number of para-hydroxylation sites is 1. The average Bonchev–Trinajstić information content (AvgIpc) is 3.47. The molecule has 2 aliphatic carbocycles. The Balaban J connectivity index is 1.66. The Kier molecular flexibility index (Phi) is 6.39. The Morgan fingerprint density at radius 1 is 1.19 bits per heavy atom. The Hall–Kier alpha value is -1.64. The molecular formula is C19H28N2O5S. The molecule has 1 amide bonds. The lowest BCUT2D eigenvalue weighted by molar-refractivity contribution is 0.0868. The summed E-state index contributed by atoms with van der Waals surface area (Å²) in [7, 11) is -2.11. The second-order valence-electron chi connectivity index (χ2n) is 7.52. The van der Waals surface area contributed by atoms with E-state index < -0.39 is 10.0 Å². The monoisotopic (exact) mass is 396 g/mol. The molecule has 7 nitrogen and oxygen atoms in total. The zero-order valence-corrected chi connectivity index (χ0v) is 16.4. The molecule has 0 spiro atoms. The highest BCUT2D eigenvalue weighted by atomic mass is 32.2. The molecule has 1 atom stereocenters. The van der Waals surface area contributed by atoms with Crippen molar-refractivity contribution in [2.24, 2.45) is 5.92 Å². The first-order chi connectivity index (χ1) is 12.9. The van der Waals surface area contributed by atoms with Crippen molar-refractivity contribution in [2.75, 3.05) is 17.6 Å². The zero-order chi connectivity index (χ0) is 19.4. The van der Waals surface area contributed by atoms with Crippen molar-refractivity contribution in [3.05, 3.63) is 29.8 Å². The van der Waals surface area contributed by atoms with Crippen molar-refractivity contribution < 1.29 is 23.1 Å². The topological polar surface area (TPSA) is 105 Å². The van der Waals surface area contributed by atoms with Crippen LogP contribution in [0.5, 0.6) is 0 Å². The van der Waals surface area contributed by atoms with Crippen LogP contribution in [0.15, 0.2) is 24.3 Å². The van der Waals surface area contributed by atoms with E-state index in [1.54, 1.807) is 24.3 Å². The smallest absolute Gasteiger partial charge is 0.253 e. The van der Waals surface area contributed by atoms with Crippen LogP contribution in [0, 0.1) is 5.92 Å². The van der Waals surface area contributed by atoms with Gasteiger partial charge in [-0.1, -0.05) is 12.1 Å². The van der Waals surface area contributed by atoms with E-state index in [9.17, 15) is 18.3 Å². The molecule has 27 heavy (non-hydrogen) atoms. The van der Waals surface area contributed by atoms with Crippen LogP contribution in [0.4, 0.5) is 5.69 Å². The largest absolute Gasteiger partial charge is 0.393 e. The number of sulfonamides is 1. The predicted molar refractivity (Wildman–Crippen MR) is 103 cm³/mol. The molecule has 0 saturated heterocycles. The molecule has 0 radical (unpaired) electrons. The van der Waals surface area contributed by atoms with Crippen molar-refractivity contribution in [1.29, 1.82) is 0 Å². The van der Waals surface area contributed by atoms with Gasteiger partial charge in [0.2, 0.25) is 10.0 Å². The number of hydrogen-bond acceptors (Lipinski definition) is 5. The van der Waals surface area contributed by atoms with Crippen molar-refractivity contribution >= 4 is 21.6 Å². The lowest BCUT2D eigenvalue weighted by atomic mass is 9.93. The molecule has 2 fully saturated rings. The molecule has 3 N–H and O–H groups in total. The molecule has 150 valence electrons. The molecule has 1 unspecified atom stereocenters. The molecule has 0 aromatic heterocycles. The molecule has 8 heteroatoms. The van der Waals surface area contributed by atoms with E-state index in [1.165, 1.54) is 7.11 Å². The van der Waals surface area contributed by atoms with Crippen molar-refractivity contribution in [3.8, 4) is 0 Å². The summed E-state index contributed by atoms with van der Waals surface area (Å²) in [5, 5.41) is 12.5. The van der Waals surface area contributed by atoms with E-state index in [4.69, 9.17) is 4.74 Å². The molecule has 2 saturated carbocycles. The summed E-state index contributed by atoms with van der Waals surface area (Å²) in [6.07, 6.45) is 4.13. The van der Waals surface area contributed by atoms with Crippen molar-refractivity contribution in [2.45, 2.75) is 56.8 Å². The van der Waals surface area contributed by atoms with E-state index >= 15 is 0 Å². The fourth-order valence-electron chi connectivity index (χ4n) is 3.54. The van der Waals surface area contributed by atoms with Crippen LogP contribution >= 0.6 is 0 Å². The van der Waals surface area contributed by atoms with E-state index in [1.807, 2.05) is 0 Å². The highest BCUT2D eigenvalue weighted by Crippen LogP contribution is 2.35. The van der Waals surface area contributed by atoms with Gasteiger partial charge in [-0.05, 0) is 56.6 Å². The summed E-state index contributed by atoms with van der Waals surface area (Å²) in [4.78, 5) is 12.7. The lowest BCUT2D eigenvalue weighted by Gasteiger charge is -2.26. The third kappa shape index (κ3) is 5.67. The van der Waals surface area contributed by atoms with Crippen LogP contribution in [0.25, 0.3) is 0 Å². The predicted octanol–water partition coefficient (Wildman–Crippen LogP) is 1.89. The van der Waals surface area contributed by atoms with Gasteiger partial charge in [-0.2, -0.15) is 0 Å².